The third-order valence-corrected chi connectivity index (χ3v) is 8.22. The van der Waals surface area contributed by atoms with Gasteiger partial charge in [-0.05, 0) is 49.3 Å². The van der Waals surface area contributed by atoms with Crippen molar-refractivity contribution in [2.45, 2.75) is 70.0 Å². The van der Waals surface area contributed by atoms with Crippen molar-refractivity contribution in [3.05, 3.63) is 30.1 Å². The van der Waals surface area contributed by atoms with Crippen molar-refractivity contribution in [3.8, 4) is 0 Å². The Kier molecular flexibility index (Phi) is 5.58. The number of likely N-dealkylation sites (tertiary alicyclic amines) is 1. The number of aromatic nitrogens is 2. The first-order chi connectivity index (χ1) is 16.1. The van der Waals surface area contributed by atoms with Gasteiger partial charge in [0.05, 0.1) is 17.4 Å². The fourth-order valence-corrected chi connectivity index (χ4v) is 6.54. The minimum atomic E-state index is -0.364. The molecule has 2 aromatic heterocycles. The zero-order chi connectivity index (χ0) is 22.4. The highest BCUT2D eigenvalue weighted by Crippen LogP contribution is 2.34. The zero-order valence-corrected chi connectivity index (χ0v) is 19.3. The van der Waals surface area contributed by atoms with Gasteiger partial charge >= 0.3 is 6.03 Å². The van der Waals surface area contributed by atoms with Gasteiger partial charge in [-0.3, -0.25) is 24.8 Å². The normalized spacial score (nSPS) is 27.5. The molecule has 1 aliphatic carbocycles. The van der Waals surface area contributed by atoms with E-state index in [2.05, 4.69) is 32.3 Å². The summed E-state index contributed by atoms with van der Waals surface area (Å²) in [5, 5.41) is 6.84. The topological polar surface area (TPSA) is 73.2 Å². The van der Waals surface area contributed by atoms with Gasteiger partial charge in [-0.25, -0.2) is 9.31 Å². The number of amides is 3. The summed E-state index contributed by atoms with van der Waals surface area (Å²) in [5.41, 5.74) is 2.92. The standard InChI is InChI=1S/C25H34N6O2/c32-24-9-10-29(25(33)27-24)23-13-26-31-11-8-19(12-22(23)31)14-28-16-20-6-7-21(17-28)30(20)15-18-4-2-1-3-5-18/h8,11-13,18,20-21H,1-7,9-10,14-17H2,(H,27,32,33). The van der Waals surface area contributed by atoms with Crippen LogP contribution in [0.15, 0.2) is 24.5 Å². The van der Waals surface area contributed by atoms with Crippen molar-refractivity contribution >= 4 is 23.1 Å². The number of piperazine rings is 1. The highest BCUT2D eigenvalue weighted by atomic mass is 16.2. The maximum atomic E-state index is 12.3. The number of carbonyl (C=O) groups excluding carboxylic acids is 2. The highest BCUT2D eigenvalue weighted by Gasteiger charge is 2.40. The van der Waals surface area contributed by atoms with E-state index in [0.717, 1.165) is 36.8 Å². The predicted molar refractivity (Wildman–Crippen MR) is 126 cm³/mol. The van der Waals surface area contributed by atoms with E-state index in [0.29, 0.717) is 25.0 Å². The Labute approximate surface area is 194 Å². The van der Waals surface area contributed by atoms with Gasteiger partial charge in [-0.1, -0.05) is 19.3 Å². The first kappa shape index (κ1) is 21.1. The van der Waals surface area contributed by atoms with Crippen LogP contribution in [0.5, 0.6) is 0 Å². The lowest BCUT2D eigenvalue weighted by Crippen LogP contribution is -2.54. The molecule has 1 saturated carbocycles. The number of anilines is 1. The van der Waals surface area contributed by atoms with E-state index in [9.17, 15) is 9.59 Å². The lowest BCUT2D eigenvalue weighted by molar-refractivity contribution is -0.120. The van der Waals surface area contributed by atoms with Crippen LogP contribution in [0.2, 0.25) is 0 Å². The highest BCUT2D eigenvalue weighted by molar-refractivity contribution is 6.07. The molecule has 33 heavy (non-hydrogen) atoms. The first-order valence-corrected chi connectivity index (χ1v) is 12.7. The van der Waals surface area contributed by atoms with Gasteiger partial charge < -0.3 is 0 Å². The smallest absolute Gasteiger partial charge is 0.296 e. The molecule has 3 aliphatic heterocycles. The second-order valence-corrected chi connectivity index (χ2v) is 10.4. The van der Waals surface area contributed by atoms with Gasteiger partial charge in [0.25, 0.3) is 0 Å². The first-order valence-electron chi connectivity index (χ1n) is 12.7. The number of nitrogens with one attached hydrogen (secondary N) is 1. The molecule has 2 aromatic rings. The Morgan fingerprint density at radius 3 is 2.58 bits per heavy atom. The van der Waals surface area contributed by atoms with Crippen LogP contribution in [0.1, 0.15) is 56.9 Å². The Balaban J connectivity index is 1.14. The van der Waals surface area contributed by atoms with Crippen molar-refractivity contribution in [2.24, 2.45) is 5.92 Å². The van der Waals surface area contributed by atoms with Crippen LogP contribution in [0, 0.1) is 5.92 Å². The largest absolute Gasteiger partial charge is 0.328 e. The summed E-state index contributed by atoms with van der Waals surface area (Å²) < 4.78 is 1.81. The van der Waals surface area contributed by atoms with Crippen LogP contribution in [0.4, 0.5) is 10.5 Å². The van der Waals surface area contributed by atoms with E-state index in [1.54, 1.807) is 11.1 Å². The average Bonchev–Trinajstić information content (AvgIpc) is 3.31. The molecular formula is C25H34N6O2. The Bertz CT molecular complexity index is 1030. The number of rotatable bonds is 5. The van der Waals surface area contributed by atoms with Crippen molar-refractivity contribution in [1.29, 1.82) is 0 Å². The second kappa shape index (κ2) is 8.72. The molecule has 1 N–H and O–H groups in total. The fourth-order valence-electron chi connectivity index (χ4n) is 6.54. The molecule has 4 aliphatic rings. The maximum Gasteiger partial charge on any atom is 0.328 e. The molecule has 2 bridgehead atoms. The molecular weight excluding hydrogens is 416 g/mol. The zero-order valence-electron chi connectivity index (χ0n) is 19.3. The van der Waals surface area contributed by atoms with E-state index in [1.807, 2.05) is 10.7 Å². The maximum absolute atomic E-state index is 12.3. The molecule has 2 atom stereocenters. The molecule has 3 saturated heterocycles. The number of urea groups is 1. The lowest BCUT2D eigenvalue weighted by atomic mass is 9.88. The van der Waals surface area contributed by atoms with Gasteiger partial charge in [-0.15, -0.1) is 0 Å². The van der Waals surface area contributed by atoms with Gasteiger partial charge in [0.15, 0.2) is 0 Å². The number of imide groups is 1. The van der Waals surface area contributed by atoms with Crippen LogP contribution in [-0.4, -0.2) is 69.6 Å². The third kappa shape index (κ3) is 4.15. The van der Waals surface area contributed by atoms with Gasteiger partial charge in [0.2, 0.25) is 5.91 Å². The average molecular weight is 451 g/mol. The number of hydrogen-bond acceptors (Lipinski definition) is 5. The number of hydrogen-bond donors (Lipinski definition) is 1. The minimum Gasteiger partial charge on any atom is -0.296 e. The van der Waals surface area contributed by atoms with Crippen LogP contribution >= 0.6 is 0 Å². The SMILES string of the molecule is O=C1CCN(c2cnn3ccc(CN4CC5CCC(C4)N5CC4CCCCC4)cc23)C(=O)N1. The van der Waals surface area contributed by atoms with E-state index >= 15 is 0 Å². The van der Waals surface area contributed by atoms with E-state index < -0.39 is 0 Å². The summed E-state index contributed by atoms with van der Waals surface area (Å²) in [6.07, 6.45) is 13.8. The molecule has 3 amide bonds. The van der Waals surface area contributed by atoms with Crippen LogP contribution in [0.25, 0.3) is 5.52 Å². The molecule has 5 heterocycles. The van der Waals surface area contributed by atoms with Crippen molar-refractivity contribution in [1.82, 2.24) is 24.7 Å². The number of fused-ring (bicyclic) bond motifs is 3. The van der Waals surface area contributed by atoms with E-state index in [1.165, 1.54) is 57.1 Å². The molecule has 8 heteroatoms. The summed E-state index contributed by atoms with van der Waals surface area (Å²) >= 11 is 0. The number of carbonyl (C=O) groups is 2. The van der Waals surface area contributed by atoms with E-state index in [4.69, 9.17) is 0 Å². The van der Waals surface area contributed by atoms with Crippen LogP contribution in [-0.2, 0) is 11.3 Å². The molecule has 4 fully saturated rings. The summed E-state index contributed by atoms with van der Waals surface area (Å²) in [7, 11) is 0. The predicted octanol–water partition coefficient (Wildman–Crippen LogP) is 3.01. The molecule has 0 radical (unpaired) electrons. The molecule has 0 aromatic carbocycles. The summed E-state index contributed by atoms with van der Waals surface area (Å²) in [6.45, 7) is 4.93. The molecule has 176 valence electrons. The fraction of sp³-hybridized carbons (Fsp3) is 0.640. The van der Waals surface area contributed by atoms with Gasteiger partial charge in [0.1, 0.15) is 0 Å². The Hall–Kier alpha value is -2.45. The number of pyridine rings is 1. The van der Waals surface area contributed by atoms with Crippen LogP contribution in [0.3, 0.4) is 0 Å². The summed E-state index contributed by atoms with van der Waals surface area (Å²) in [6, 6.07) is 5.34. The summed E-state index contributed by atoms with van der Waals surface area (Å²) in [5.74, 6) is 0.698. The van der Waals surface area contributed by atoms with Crippen LogP contribution < -0.4 is 10.2 Å². The molecule has 2 unspecified atom stereocenters. The minimum absolute atomic E-state index is 0.217. The second-order valence-electron chi connectivity index (χ2n) is 10.4. The van der Waals surface area contributed by atoms with Crippen molar-refractivity contribution < 1.29 is 9.59 Å². The van der Waals surface area contributed by atoms with E-state index in [-0.39, 0.29) is 11.9 Å². The molecule has 6 rings (SSSR count). The quantitative estimate of drug-likeness (QED) is 0.758. The van der Waals surface area contributed by atoms with Gasteiger partial charge in [0, 0.05) is 57.4 Å². The molecule has 0 spiro atoms. The Morgan fingerprint density at radius 1 is 1.03 bits per heavy atom. The molecule has 8 nitrogen and oxygen atoms in total. The number of nitrogens with zero attached hydrogens (tertiary/aromatic N) is 5. The van der Waals surface area contributed by atoms with Crippen molar-refractivity contribution in [3.63, 3.8) is 0 Å². The summed E-state index contributed by atoms with van der Waals surface area (Å²) in [4.78, 5) is 31.0. The third-order valence-electron chi connectivity index (χ3n) is 8.22. The van der Waals surface area contributed by atoms with Crippen molar-refractivity contribution in [2.75, 3.05) is 31.1 Å². The monoisotopic (exact) mass is 450 g/mol. The Morgan fingerprint density at radius 2 is 1.82 bits per heavy atom. The lowest BCUT2D eigenvalue weighted by Gasteiger charge is -2.43. The van der Waals surface area contributed by atoms with Gasteiger partial charge in [-0.2, -0.15) is 5.10 Å².